The maximum Gasteiger partial charge on any atom is -0.0351 e. The molecule has 0 heterocycles. The quantitative estimate of drug-likeness (QED) is 0.270. The third-order valence-electron chi connectivity index (χ3n) is 3.12. The van der Waals surface area contributed by atoms with Gasteiger partial charge in [0.25, 0.3) is 0 Å². The molecule has 0 bridgehead atoms. The van der Waals surface area contributed by atoms with Gasteiger partial charge < -0.3 is 0 Å². The zero-order valence-electron chi connectivity index (χ0n) is 12.1. The molecule has 100 valence electrons. The van der Waals surface area contributed by atoms with Crippen LogP contribution in [0.1, 0.15) is 84.5 Å². The minimum atomic E-state index is 1.27. The second-order valence-electron chi connectivity index (χ2n) is 4.88. The third kappa shape index (κ3) is 15.5. The summed E-state index contributed by atoms with van der Waals surface area (Å²) in [5.41, 5.74) is 0. The van der Waals surface area contributed by atoms with E-state index >= 15 is 0 Å². The van der Waals surface area contributed by atoms with Crippen LogP contribution in [0, 0.1) is 0 Å². The van der Waals surface area contributed by atoms with Gasteiger partial charge >= 0.3 is 0 Å². The van der Waals surface area contributed by atoms with Crippen LogP contribution in [0.15, 0.2) is 24.3 Å². The highest BCUT2D eigenvalue weighted by Gasteiger charge is 1.88. The molecule has 0 saturated heterocycles. The van der Waals surface area contributed by atoms with Crippen molar-refractivity contribution in [2.75, 3.05) is 0 Å². The van der Waals surface area contributed by atoms with E-state index in [4.69, 9.17) is 0 Å². The number of unbranched alkanes of at least 4 members (excludes halogenated alkanes) is 9. The minimum absolute atomic E-state index is 1.27. The van der Waals surface area contributed by atoms with Gasteiger partial charge in [0, 0.05) is 0 Å². The van der Waals surface area contributed by atoms with Gasteiger partial charge in [-0.3, -0.25) is 0 Å². The van der Waals surface area contributed by atoms with E-state index in [1.54, 1.807) is 0 Å². The number of allylic oxidation sites excluding steroid dienone is 4. The summed E-state index contributed by atoms with van der Waals surface area (Å²) in [6, 6.07) is 0. The van der Waals surface area contributed by atoms with E-state index in [0.29, 0.717) is 0 Å². The molecule has 0 nitrogen and oxygen atoms in total. The number of hydrogen-bond donors (Lipinski definition) is 0. The van der Waals surface area contributed by atoms with Crippen LogP contribution in [-0.4, -0.2) is 0 Å². The number of hydrogen-bond acceptors (Lipinski definition) is 0. The molecular weight excluding hydrogens is 204 g/mol. The van der Waals surface area contributed by atoms with Crippen LogP contribution in [0.2, 0.25) is 0 Å². The minimum Gasteiger partial charge on any atom is -0.0917 e. The van der Waals surface area contributed by atoms with Gasteiger partial charge in [-0.1, -0.05) is 63.3 Å². The van der Waals surface area contributed by atoms with Crippen LogP contribution in [0.4, 0.5) is 0 Å². The van der Waals surface area contributed by atoms with Crippen LogP contribution in [0.5, 0.6) is 0 Å². The van der Waals surface area contributed by atoms with Gasteiger partial charge in [-0.2, -0.15) is 0 Å². The molecule has 0 aliphatic carbocycles. The van der Waals surface area contributed by atoms with Crippen molar-refractivity contribution in [3.05, 3.63) is 24.3 Å². The standard InChI is InChI=1S/C17H32/c1-3-5-7-9-11-13-15-17-16-14-12-10-8-6-4-2/h3,5,12,14H,4,6-11,13,15-17H2,1-2H3. The summed E-state index contributed by atoms with van der Waals surface area (Å²) < 4.78 is 0. The second-order valence-corrected chi connectivity index (χ2v) is 4.88. The van der Waals surface area contributed by atoms with Crippen molar-refractivity contribution >= 4 is 0 Å². The van der Waals surface area contributed by atoms with Crippen molar-refractivity contribution < 1.29 is 0 Å². The molecule has 0 aliphatic heterocycles. The molecule has 0 spiro atoms. The fourth-order valence-electron chi connectivity index (χ4n) is 1.97. The molecule has 0 N–H and O–H groups in total. The van der Waals surface area contributed by atoms with Crippen LogP contribution in [-0.2, 0) is 0 Å². The lowest BCUT2D eigenvalue weighted by molar-refractivity contribution is 0.621. The lowest BCUT2D eigenvalue weighted by atomic mass is 10.1. The summed E-state index contributed by atoms with van der Waals surface area (Å²) in [5.74, 6) is 0. The van der Waals surface area contributed by atoms with Gasteiger partial charge in [-0.25, -0.2) is 0 Å². The first-order valence-corrected chi connectivity index (χ1v) is 7.68. The van der Waals surface area contributed by atoms with Gasteiger partial charge in [-0.05, 0) is 45.4 Å². The Balaban J connectivity index is 3.02. The van der Waals surface area contributed by atoms with E-state index in [0.717, 1.165) is 0 Å². The molecule has 0 aliphatic rings. The van der Waals surface area contributed by atoms with Gasteiger partial charge in [0.1, 0.15) is 0 Å². The maximum absolute atomic E-state index is 2.38. The summed E-state index contributed by atoms with van der Waals surface area (Å²) in [5, 5.41) is 0. The van der Waals surface area contributed by atoms with E-state index in [9.17, 15) is 0 Å². The van der Waals surface area contributed by atoms with Crippen LogP contribution in [0.25, 0.3) is 0 Å². The van der Waals surface area contributed by atoms with Crippen LogP contribution < -0.4 is 0 Å². The van der Waals surface area contributed by atoms with E-state index in [1.807, 2.05) is 0 Å². The molecule has 0 fully saturated rings. The van der Waals surface area contributed by atoms with Crippen LogP contribution >= 0.6 is 0 Å². The Morgan fingerprint density at radius 1 is 0.588 bits per heavy atom. The molecule has 0 aromatic rings. The largest absolute Gasteiger partial charge is 0.0917 e. The third-order valence-corrected chi connectivity index (χ3v) is 3.12. The van der Waals surface area contributed by atoms with Crippen molar-refractivity contribution in [1.29, 1.82) is 0 Å². The van der Waals surface area contributed by atoms with Crippen molar-refractivity contribution in [3.63, 3.8) is 0 Å². The highest BCUT2D eigenvalue weighted by Crippen LogP contribution is 2.08. The molecule has 0 aromatic heterocycles. The Morgan fingerprint density at radius 2 is 1.06 bits per heavy atom. The van der Waals surface area contributed by atoms with Crippen molar-refractivity contribution in [3.8, 4) is 0 Å². The van der Waals surface area contributed by atoms with E-state index in [-0.39, 0.29) is 0 Å². The summed E-state index contributed by atoms with van der Waals surface area (Å²) in [6.07, 6.45) is 24.1. The fourth-order valence-corrected chi connectivity index (χ4v) is 1.97. The first kappa shape index (κ1) is 16.5. The molecule has 0 amide bonds. The van der Waals surface area contributed by atoms with E-state index < -0.39 is 0 Å². The van der Waals surface area contributed by atoms with Gasteiger partial charge in [-0.15, -0.1) is 0 Å². The van der Waals surface area contributed by atoms with E-state index in [2.05, 4.69) is 38.2 Å². The molecule has 0 saturated carbocycles. The lowest BCUT2D eigenvalue weighted by Gasteiger charge is -1.98. The average Bonchev–Trinajstić information content (AvgIpc) is 2.35. The zero-order valence-corrected chi connectivity index (χ0v) is 12.1. The fraction of sp³-hybridized carbons (Fsp3) is 0.765. The molecule has 17 heavy (non-hydrogen) atoms. The molecule has 0 aromatic carbocycles. The predicted molar refractivity (Wildman–Crippen MR) is 80.4 cm³/mol. The molecular formula is C17H32. The molecule has 0 heteroatoms. The summed E-state index contributed by atoms with van der Waals surface area (Å²) >= 11 is 0. The van der Waals surface area contributed by atoms with Crippen molar-refractivity contribution in [2.24, 2.45) is 0 Å². The average molecular weight is 236 g/mol. The summed E-state index contributed by atoms with van der Waals surface area (Å²) in [4.78, 5) is 0. The first-order valence-electron chi connectivity index (χ1n) is 7.68. The summed E-state index contributed by atoms with van der Waals surface area (Å²) in [6.45, 7) is 4.37. The maximum atomic E-state index is 2.38. The topological polar surface area (TPSA) is 0 Å². The smallest absolute Gasteiger partial charge is 0.0351 e. The number of rotatable bonds is 12. The Hall–Kier alpha value is -0.520. The lowest BCUT2D eigenvalue weighted by Crippen LogP contribution is -1.78. The monoisotopic (exact) mass is 236 g/mol. The first-order chi connectivity index (χ1) is 8.41. The van der Waals surface area contributed by atoms with Crippen molar-refractivity contribution in [2.45, 2.75) is 84.5 Å². The Bertz CT molecular complexity index is 176. The zero-order chi connectivity index (χ0) is 12.6. The van der Waals surface area contributed by atoms with Crippen LogP contribution in [0.3, 0.4) is 0 Å². The van der Waals surface area contributed by atoms with Gasteiger partial charge in [0.2, 0.25) is 0 Å². The van der Waals surface area contributed by atoms with Crippen molar-refractivity contribution in [1.82, 2.24) is 0 Å². The summed E-state index contributed by atoms with van der Waals surface area (Å²) in [7, 11) is 0. The molecule has 0 radical (unpaired) electrons. The molecule has 0 rings (SSSR count). The Kier molecular flexibility index (Phi) is 15.0. The molecule has 0 atom stereocenters. The van der Waals surface area contributed by atoms with Gasteiger partial charge in [0.05, 0.1) is 0 Å². The van der Waals surface area contributed by atoms with E-state index in [1.165, 1.54) is 70.6 Å². The predicted octanol–water partition coefficient (Wildman–Crippen LogP) is 6.43. The Labute approximate surface area is 109 Å². The Morgan fingerprint density at radius 3 is 1.59 bits per heavy atom. The SMILES string of the molecule is CC=CCCCCCCCC=CCCCCC. The van der Waals surface area contributed by atoms with Gasteiger partial charge in [0.15, 0.2) is 0 Å². The molecule has 0 unspecified atom stereocenters. The second kappa shape index (κ2) is 15.5. The highest BCUT2D eigenvalue weighted by atomic mass is 13.9. The highest BCUT2D eigenvalue weighted by molar-refractivity contribution is 4.81. The normalized spacial score (nSPS) is 11.9.